The second-order valence-corrected chi connectivity index (χ2v) is 5.06. The fraction of sp³-hybridized carbons (Fsp3) is 0.917. The highest BCUT2D eigenvalue weighted by Gasteiger charge is 2.34. The van der Waals surface area contributed by atoms with Crippen molar-refractivity contribution in [2.75, 3.05) is 13.2 Å². The quantitative estimate of drug-likeness (QED) is 0.757. The third kappa shape index (κ3) is 2.38. The Kier molecular flexibility index (Phi) is 3.82. The predicted octanol–water partition coefficient (Wildman–Crippen LogP) is 1.09. The number of likely N-dealkylation sites (tertiary alicyclic amines) is 1. The lowest BCUT2D eigenvalue weighted by atomic mass is 9.85. The Hall–Kier alpha value is -0.610. The summed E-state index contributed by atoms with van der Waals surface area (Å²) in [4.78, 5) is 13.3. The fourth-order valence-corrected chi connectivity index (χ4v) is 3.19. The molecular formula is C12H21NO3. The molecule has 1 aliphatic heterocycles. The van der Waals surface area contributed by atoms with Gasteiger partial charge in [0.05, 0.1) is 12.5 Å². The van der Waals surface area contributed by atoms with Gasteiger partial charge in [-0.2, -0.15) is 0 Å². The average Bonchev–Trinajstić information content (AvgIpc) is 2.77. The van der Waals surface area contributed by atoms with Crippen LogP contribution < -0.4 is 0 Å². The number of aliphatic hydroxyl groups excluding tert-OH is 1. The standard InChI is InChI=1S/C12H21NO3/c14-8-11-2-1-7-13(11)10-5-3-9(4-6-10)12(15)16/h9-11,14H,1-8H2,(H,15,16)/t9?,10?,11-/m0/s1. The van der Waals surface area contributed by atoms with E-state index < -0.39 is 5.97 Å². The summed E-state index contributed by atoms with van der Waals surface area (Å²) < 4.78 is 0. The number of carboxylic acids is 1. The van der Waals surface area contributed by atoms with Crippen LogP contribution in [0.15, 0.2) is 0 Å². The molecule has 1 aliphatic carbocycles. The monoisotopic (exact) mass is 227 g/mol. The first-order valence-electron chi connectivity index (χ1n) is 6.31. The van der Waals surface area contributed by atoms with Crippen molar-refractivity contribution < 1.29 is 15.0 Å². The van der Waals surface area contributed by atoms with E-state index >= 15 is 0 Å². The molecule has 4 nitrogen and oxygen atoms in total. The Bertz CT molecular complexity index is 249. The van der Waals surface area contributed by atoms with E-state index in [1.54, 1.807) is 0 Å². The molecule has 1 saturated carbocycles. The second kappa shape index (κ2) is 5.15. The molecule has 2 fully saturated rings. The normalized spacial score (nSPS) is 36.4. The number of nitrogens with zero attached hydrogens (tertiary/aromatic N) is 1. The smallest absolute Gasteiger partial charge is 0.306 e. The van der Waals surface area contributed by atoms with Gasteiger partial charge in [-0.15, -0.1) is 0 Å². The van der Waals surface area contributed by atoms with Gasteiger partial charge in [0.1, 0.15) is 0 Å². The zero-order valence-corrected chi connectivity index (χ0v) is 9.64. The molecule has 92 valence electrons. The van der Waals surface area contributed by atoms with Gasteiger partial charge >= 0.3 is 5.97 Å². The van der Waals surface area contributed by atoms with Crippen molar-refractivity contribution in [2.45, 2.75) is 50.6 Å². The molecule has 0 aromatic carbocycles. The summed E-state index contributed by atoms with van der Waals surface area (Å²) in [6, 6.07) is 0.835. The summed E-state index contributed by atoms with van der Waals surface area (Å²) >= 11 is 0. The van der Waals surface area contributed by atoms with Crippen LogP contribution in [0, 0.1) is 5.92 Å². The first kappa shape index (κ1) is 11.9. The molecule has 0 amide bonds. The number of carboxylic acid groups (broad SMARTS) is 1. The van der Waals surface area contributed by atoms with E-state index in [9.17, 15) is 9.90 Å². The molecule has 0 aromatic heterocycles. The van der Waals surface area contributed by atoms with E-state index in [2.05, 4.69) is 4.90 Å². The van der Waals surface area contributed by atoms with Crippen LogP contribution in [0.2, 0.25) is 0 Å². The van der Waals surface area contributed by atoms with Crippen molar-refractivity contribution in [2.24, 2.45) is 5.92 Å². The minimum absolute atomic E-state index is 0.133. The molecule has 0 bridgehead atoms. The van der Waals surface area contributed by atoms with Gasteiger partial charge in [-0.25, -0.2) is 0 Å². The zero-order valence-electron chi connectivity index (χ0n) is 9.64. The highest BCUT2D eigenvalue weighted by atomic mass is 16.4. The minimum atomic E-state index is -0.640. The topological polar surface area (TPSA) is 60.8 Å². The molecule has 4 heteroatoms. The third-order valence-electron chi connectivity index (χ3n) is 4.15. The maximum Gasteiger partial charge on any atom is 0.306 e. The number of carbonyl (C=O) groups is 1. The van der Waals surface area contributed by atoms with Crippen molar-refractivity contribution in [3.05, 3.63) is 0 Å². The third-order valence-corrected chi connectivity index (χ3v) is 4.15. The minimum Gasteiger partial charge on any atom is -0.481 e. The summed E-state index contributed by atoms with van der Waals surface area (Å²) in [5.74, 6) is -0.773. The van der Waals surface area contributed by atoms with Crippen LogP contribution >= 0.6 is 0 Å². The summed E-state index contributed by atoms with van der Waals surface area (Å²) in [5.41, 5.74) is 0. The van der Waals surface area contributed by atoms with Crippen LogP contribution in [0.3, 0.4) is 0 Å². The highest BCUT2D eigenvalue weighted by Crippen LogP contribution is 2.31. The first-order valence-corrected chi connectivity index (χ1v) is 6.31. The van der Waals surface area contributed by atoms with Gasteiger partial charge in [0, 0.05) is 12.1 Å². The summed E-state index contributed by atoms with van der Waals surface area (Å²) in [6.07, 6.45) is 5.82. The Morgan fingerprint density at radius 2 is 1.88 bits per heavy atom. The highest BCUT2D eigenvalue weighted by molar-refractivity contribution is 5.70. The largest absolute Gasteiger partial charge is 0.481 e. The lowest BCUT2D eigenvalue weighted by molar-refractivity contribution is -0.143. The van der Waals surface area contributed by atoms with E-state index in [1.165, 1.54) is 6.42 Å². The number of aliphatic carboxylic acids is 1. The van der Waals surface area contributed by atoms with Gasteiger partial charge in [0.15, 0.2) is 0 Å². The average molecular weight is 227 g/mol. The van der Waals surface area contributed by atoms with Gasteiger partial charge < -0.3 is 10.2 Å². The molecule has 1 heterocycles. The van der Waals surface area contributed by atoms with Crippen molar-refractivity contribution in [1.29, 1.82) is 0 Å². The molecule has 16 heavy (non-hydrogen) atoms. The first-order chi connectivity index (χ1) is 7.72. The van der Waals surface area contributed by atoms with E-state index in [-0.39, 0.29) is 12.5 Å². The molecule has 0 aromatic rings. The van der Waals surface area contributed by atoms with Gasteiger partial charge in [0.25, 0.3) is 0 Å². The predicted molar refractivity (Wildman–Crippen MR) is 60.2 cm³/mol. The van der Waals surface area contributed by atoms with Gasteiger partial charge in [0.2, 0.25) is 0 Å². The lowest BCUT2D eigenvalue weighted by Gasteiger charge is -2.36. The summed E-state index contributed by atoms with van der Waals surface area (Å²) in [6.45, 7) is 1.33. The van der Waals surface area contributed by atoms with E-state index in [4.69, 9.17) is 5.11 Å². The Balaban J connectivity index is 1.86. The molecule has 2 aliphatic rings. The maximum atomic E-state index is 10.8. The fourth-order valence-electron chi connectivity index (χ4n) is 3.19. The van der Waals surface area contributed by atoms with Crippen molar-refractivity contribution in [1.82, 2.24) is 4.90 Å². The Morgan fingerprint density at radius 1 is 1.19 bits per heavy atom. The molecule has 1 atom stereocenters. The molecule has 2 N–H and O–H groups in total. The van der Waals surface area contributed by atoms with Gasteiger partial charge in [-0.3, -0.25) is 9.69 Å². The SMILES string of the molecule is O=C(O)C1CCC(N2CCC[C@H]2CO)CC1. The lowest BCUT2D eigenvalue weighted by Crippen LogP contribution is -2.43. The zero-order chi connectivity index (χ0) is 11.5. The molecule has 0 spiro atoms. The van der Waals surface area contributed by atoms with Crippen LogP contribution in [0.1, 0.15) is 38.5 Å². The van der Waals surface area contributed by atoms with Crippen LogP contribution in [-0.4, -0.2) is 46.3 Å². The number of hydrogen-bond acceptors (Lipinski definition) is 3. The van der Waals surface area contributed by atoms with Gasteiger partial charge in [-0.05, 0) is 45.1 Å². The molecule has 1 saturated heterocycles. The van der Waals surface area contributed by atoms with Crippen LogP contribution in [0.5, 0.6) is 0 Å². The van der Waals surface area contributed by atoms with E-state index in [1.807, 2.05) is 0 Å². The van der Waals surface area contributed by atoms with Crippen LogP contribution in [0.4, 0.5) is 0 Å². The maximum absolute atomic E-state index is 10.8. The van der Waals surface area contributed by atoms with E-state index in [0.717, 1.165) is 38.6 Å². The van der Waals surface area contributed by atoms with Crippen LogP contribution in [-0.2, 0) is 4.79 Å². The number of rotatable bonds is 3. The summed E-state index contributed by atoms with van der Waals surface area (Å²) in [7, 11) is 0. The summed E-state index contributed by atoms with van der Waals surface area (Å²) in [5, 5.41) is 18.2. The molecule has 0 radical (unpaired) electrons. The Morgan fingerprint density at radius 3 is 2.44 bits per heavy atom. The number of aliphatic hydroxyl groups is 1. The molecule has 2 rings (SSSR count). The van der Waals surface area contributed by atoms with Crippen molar-refractivity contribution in [3.63, 3.8) is 0 Å². The van der Waals surface area contributed by atoms with Gasteiger partial charge in [-0.1, -0.05) is 0 Å². The Labute approximate surface area is 96.3 Å². The molecular weight excluding hydrogens is 206 g/mol. The van der Waals surface area contributed by atoms with Crippen LogP contribution in [0.25, 0.3) is 0 Å². The molecule has 0 unspecified atom stereocenters. The number of hydrogen-bond donors (Lipinski definition) is 2. The van der Waals surface area contributed by atoms with Crippen molar-refractivity contribution in [3.8, 4) is 0 Å². The second-order valence-electron chi connectivity index (χ2n) is 5.06. The van der Waals surface area contributed by atoms with E-state index in [0.29, 0.717) is 12.1 Å². The van der Waals surface area contributed by atoms with Crippen molar-refractivity contribution >= 4 is 5.97 Å².